The van der Waals surface area contributed by atoms with Gasteiger partial charge in [0, 0.05) is 29.1 Å². The van der Waals surface area contributed by atoms with Crippen LogP contribution in [0.25, 0.3) is 10.9 Å². The summed E-state index contributed by atoms with van der Waals surface area (Å²) in [4.78, 5) is 31.2. The van der Waals surface area contributed by atoms with Crippen molar-refractivity contribution in [2.75, 3.05) is 35.6 Å². The van der Waals surface area contributed by atoms with Crippen molar-refractivity contribution in [2.24, 2.45) is 0 Å². The first-order valence-corrected chi connectivity index (χ1v) is 9.63. The van der Waals surface area contributed by atoms with Gasteiger partial charge in [-0.3, -0.25) is 4.79 Å². The fourth-order valence-corrected chi connectivity index (χ4v) is 3.56. The molecule has 10 heteroatoms. The van der Waals surface area contributed by atoms with Gasteiger partial charge in [0.05, 0.1) is 18.1 Å². The molecule has 1 fully saturated rings. The van der Waals surface area contributed by atoms with Crippen LogP contribution in [0.1, 0.15) is 24.4 Å². The number of nitrogen functional groups attached to an aromatic ring is 1. The highest BCUT2D eigenvalue weighted by molar-refractivity contribution is 6.31. The lowest BCUT2D eigenvalue weighted by atomic mass is 10.0. The zero-order valence-electron chi connectivity index (χ0n) is 16.1. The quantitative estimate of drug-likeness (QED) is 0.595. The molecular weight excluding hydrogens is 392 g/mol. The molecular formula is C19H21ClN8O. The van der Waals surface area contributed by atoms with E-state index in [2.05, 4.69) is 25.6 Å². The second-order valence-corrected chi connectivity index (χ2v) is 7.38. The van der Waals surface area contributed by atoms with Gasteiger partial charge in [0.25, 0.3) is 0 Å². The molecule has 1 saturated heterocycles. The average molecular weight is 413 g/mol. The number of aryl methyl sites for hydroxylation is 1. The summed E-state index contributed by atoms with van der Waals surface area (Å²) in [6.45, 7) is 5.24. The Morgan fingerprint density at radius 3 is 2.83 bits per heavy atom. The van der Waals surface area contributed by atoms with Crippen molar-refractivity contribution in [3.8, 4) is 0 Å². The van der Waals surface area contributed by atoms with E-state index >= 15 is 0 Å². The van der Waals surface area contributed by atoms with Gasteiger partial charge in [-0.05, 0) is 38.1 Å². The van der Waals surface area contributed by atoms with Gasteiger partial charge in [-0.25, -0.2) is 4.98 Å². The summed E-state index contributed by atoms with van der Waals surface area (Å²) in [5.41, 5.74) is 7.47. The fraction of sp³-hybridized carbons (Fsp3) is 0.316. The van der Waals surface area contributed by atoms with Crippen molar-refractivity contribution >= 4 is 46.1 Å². The first kappa shape index (κ1) is 19.1. The summed E-state index contributed by atoms with van der Waals surface area (Å²) in [5, 5.41) is 7.66. The third-order valence-electron chi connectivity index (χ3n) is 4.70. The van der Waals surface area contributed by atoms with Crippen LogP contribution >= 0.6 is 11.6 Å². The zero-order chi connectivity index (χ0) is 20.5. The van der Waals surface area contributed by atoms with Gasteiger partial charge in [-0.2, -0.15) is 15.0 Å². The number of pyridine rings is 1. The Kier molecular flexibility index (Phi) is 5.06. The number of amides is 1. The van der Waals surface area contributed by atoms with Crippen LogP contribution in [0.5, 0.6) is 0 Å². The van der Waals surface area contributed by atoms with Gasteiger partial charge in [0.15, 0.2) is 0 Å². The van der Waals surface area contributed by atoms with Crippen LogP contribution in [0.3, 0.4) is 0 Å². The number of carbonyl (C=O) groups excluding carboxylic acids is 1. The first-order valence-electron chi connectivity index (χ1n) is 9.25. The standard InChI is InChI=1S/C19H21ClN8O/c1-10(23-19-25-11(2)24-18(21)27-19)14-8-12-7-13(20)3-4-15(12)26-17(14)28-6-5-22-16(29)9-28/h3-4,7-8,10H,5-6,9H2,1-2H3,(H,22,29)(H3,21,23,24,25,27). The maximum absolute atomic E-state index is 11.9. The molecule has 0 spiro atoms. The first-order chi connectivity index (χ1) is 13.9. The maximum Gasteiger partial charge on any atom is 0.239 e. The number of nitrogens with two attached hydrogens (primary N) is 1. The minimum absolute atomic E-state index is 0.0262. The SMILES string of the molecule is Cc1nc(N)nc(NC(C)c2cc3cc(Cl)ccc3nc2N2CCNC(=O)C2)n1. The molecule has 2 aromatic heterocycles. The molecule has 1 aliphatic heterocycles. The molecule has 0 aliphatic carbocycles. The lowest BCUT2D eigenvalue weighted by molar-refractivity contribution is -0.120. The number of fused-ring (bicyclic) bond motifs is 1. The number of hydrogen-bond acceptors (Lipinski definition) is 8. The summed E-state index contributed by atoms with van der Waals surface area (Å²) < 4.78 is 0. The van der Waals surface area contributed by atoms with Crippen LogP contribution in [0, 0.1) is 6.92 Å². The Morgan fingerprint density at radius 1 is 1.24 bits per heavy atom. The predicted molar refractivity (Wildman–Crippen MR) is 113 cm³/mol. The summed E-state index contributed by atoms with van der Waals surface area (Å²) >= 11 is 6.18. The number of anilines is 3. The number of nitrogens with zero attached hydrogens (tertiary/aromatic N) is 5. The fourth-order valence-electron chi connectivity index (χ4n) is 3.38. The van der Waals surface area contributed by atoms with Gasteiger partial charge in [0.2, 0.25) is 17.8 Å². The summed E-state index contributed by atoms with van der Waals surface area (Å²) in [6, 6.07) is 7.39. The maximum atomic E-state index is 11.9. The monoisotopic (exact) mass is 412 g/mol. The number of carbonyl (C=O) groups is 1. The molecule has 29 heavy (non-hydrogen) atoms. The Morgan fingerprint density at radius 2 is 2.07 bits per heavy atom. The van der Waals surface area contributed by atoms with Crippen molar-refractivity contribution in [1.82, 2.24) is 25.3 Å². The van der Waals surface area contributed by atoms with E-state index in [1.807, 2.05) is 30.0 Å². The van der Waals surface area contributed by atoms with Gasteiger partial charge in [-0.15, -0.1) is 0 Å². The lowest BCUT2D eigenvalue weighted by Crippen LogP contribution is -2.48. The number of benzene rings is 1. The van der Waals surface area contributed by atoms with Crippen molar-refractivity contribution in [1.29, 1.82) is 0 Å². The molecule has 1 amide bonds. The second-order valence-electron chi connectivity index (χ2n) is 6.94. The molecule has 4 rings (SSSR count). The molecule has 1 unspecified atom stereocenters. The molecule has 3 heterocycles. The van der Waals surface area contributed by atoms with Gasteiger partial charge >= 0.3 is 0 Å². The summed E-state index contributed by atoms with van der Waals surface area (Å²) in [7, 11) is 0. The molecule has 0 radical (unpaired) electrons. The molecule has 0 saturated carbocycles. The Balaban J connectivity index is 1.77. The average Bonchev–Trinajstić information content (AvgIpc) is 2.66. The van der Waals surface area contributed by atoms with Gasteiger partial charge < -0.3 is 21.3 Å². The summed E-state index contributed by atoms with van der Waals surface area (Å²) in [6.07, 6.45) is 0. The Hall–Kier alpha value is -3.20. The van der Waals surface area contributed by atoms with E-state index in [1.165, 1.54) is 0 Å². The molecule has 9 nitrogen and oxygen atoms in total. The van der Waals surface area contributed by atoms with Crippen LogP contribution in [-0.4, -0.2) is 45.5 Å². The van der Waals surface area contributed by atoms with E-state index in [4.69, 9.17) is 22.3 Å². The minimum Gasteiger partial charge on any atom is -0.368 e. The van der Waals surface area contributed by atoms with Crippen LogP contribution in [-0.2, 0) is 4.79 Å². The van der Waals surface area contributed by atoms with Crippen molar-refractivity contribution in [2.45, 2.75) is 19.9 Å². The number of hydrogen-bond donors (Lipinski definition) is 3. The normalized spacial score (nSPS) is 15.3. The van der Waals surface area contributed by atoms with E-state index < -0.39 is 0 Å². The van der Waals surface area contributed by atoms with Crippen molar-refractivity contribution in [3.05, 3.63) is 40.7 Å². The number of piperazine rings is 1. The number of nitrogens with one attached hydrogen (secondary N) is 2. The number of halogens is 1. The van der Waals surface area contributed by atoms with Crippen LogP contribution in [0.2, 0.25) is 5.02 Å². The van der Waals surface area contributed by atoms with Crippen LogP contribution < -0.4 is 21.3 Å². The molecule has 4 N–H and O–H groups in total. The van der Waals surface area contributed by atoms with Gasteiger partial charge in [0.1, 0.15) is 11.6 Å². The predicted octanol–water partition coefficient (Wildman–Crippen LogP) is 2.07. The van der Waals surface area contributed by atoms with E-state index in [0.717, 1.165) is 22.3 Å². The van der Waals surface area contributed by atoms with E-state index in [9.17, 15) is 4.79 Å². The smallest absolute Gasteiger partial charge is 0.239 e. The summed E-state index contributed by atoms with van der Waals surface area (Å²) in [5.74, 6) is 1.79. The van der Waals surface area contributed by atoms with Crippen molar-refractivity contribution < 1.29 is 4.79 Å². The highest BCUT2D eigenvalue weighted by Gasteiger charge is 2.24. The Labute approximate surface area is 172 Å². The molecule has 3 aromatic rings. The third kappa shape index (κ3) is 4.14. The molecule has 0 bridgehead atoms. The number of rotatable bonds is 4. The van der Waals surface area contributed by atoms with E-state index in [0.29, 0.717) is 29.9 Å². The molecule has 150 valence electrons. The zero-order valence-corrected chi connectivity index (χ0v) is 16.9. The van der Waals surface area contributed by atoms with E-state index in [1.54, 1.807) is 13.0 Å². The molecule has 1 aliphatic rings. The Bertz CT molecular complexity index is 1070. The highest BCUT2D eigenvalue weighted by Crippen LogP contribution is 2.31. The van der Waals surface area contributed by atoms with Crippen LogP contribution in [0.4, 0.5) is 17.7 Å². The highest BCUT2D eigenvalue weighted by atomic mass is 35.5. The topological polar surface area (TPSA) is 122 Å². The largest absolute Gasteiger partial charge is 0.368 e. The lowest BCUT2D eigenvalue weighted by Gasteiger charge is -2.31. The second kappa shape index (κ2) is 7.67. The van der Waals surface area contributed by atoms with E-state index in [-0.39, 0.29) is 24.4 Å². The van der Waals surface area contributed by atoms with Crippen molar-refractivity contribution in [3.63, 3.8) is 0 Å². The number of aromatic nitrogens is 4. The van der Waals surface area contributed by atoms with Gasteiger partial charge in [-0.1, -0.05) is 11.6 Å². The molecule has 1 aromatic carbocycles. The minimum atomic E-state index is -0.202. The molecule has 1 atom stereocenters. The van der Waals surface area contributed by atoms with Crippen LogP contribution in [0.15, 0.2) is 24.3 Å². The third-order valence-corrected chi connectivity index (χ3v) is 4.93.